The summed E-state index contributed by atoms with van der Waals surface area (Å²) in [6, 6.07) is 26.2. The topological polar surface area (TPSA) is 49.4 Å². The molecule has 1 atom stereocenters. The van der Waals surface area contributed by atoms with E-state index < -0.39 is 6.04 Å². The van der Waals surface area contributed by atoms with Crippen molar-refractivity contribution in [2.24, 2.45) is 0 Å². The van der Waals surface area contributed by atoms with E-state index in [2.05, 4.69) is 66.3 Å². The predicted octanol–water partition coefficient (Wildman–Crippen LogP) is 7.38. The van der Waals surface area contributed by atoms with E-state index in [1.165, 1.54) is 5.56 Å². The van der Waals surface area contributed by atoms with Crippen molar-refractivity contribution in [3.8, 4) is 0 Å². The number of nitrogens with zero attached hydrogens (tertiary/aromatic N) is 1. The third-order valence-corrected chi connectivity index (χ3v) is 8.16. The molecule has 0 saturated heterocycles. The lowest BCUT2D eigenvalue weighted by Crippen LogP contribution is -2.52. The molecule has 1 aliphatic rings. The first kappa shape index (κ1) is 29.1. The zero-order valence-corrected chi connectivity index (χ0v) is 25.0. The second kappa shape index (κ2) is 13.4. The Bertz CT molecular complexity index is 1230. The standard InChI is InChI=1S/C34H41BrN2O2/c1-34(2,3)28-19-16-25(17-20-28)18-21-32(38)37(24-27-12-9-13-29(35)22-27)31(23-26-10-5-4-6-11-26)33(39)36-30-14-7-8-15-30/h4-6,9-13,16-17,19-20,22,30-31H,7-8,14-15,18,21,23-24H2,1-3H3,(H,36,39)/t31-/m1/s1. The monoisotopic (exact) mass is 588 g/mol. The van der Waals surface area contributed by atoms with Crippen molar-refractivity contribution in [3.63, 3.8) is 0 Å². The van der Waals surface area contributed by atoms with Gasteiger partial charge in [0, 0.05) is 29.9 Å². The van der Waals surface area contributed by atoms with E-state index in [4.69, 9.17) is 0 Å². The Kier molecular flexibility index (Phi) is 10.0. The molecule has 1 N–H and O–H groups in total. The van der Waals surface area contributed by atoms with Crippen molar-refractivity contribution in [3.05, 3.63) is 106 Å². The fraction of sp³-hybridized carbons (Fsp3) is 0.412. The Hall–Kier alpha value is -2.92. The lowest BCUT2D eigenvalue weighted by molar-refractivity contribution is -0.141. The van der Waals surface area contributed by atoms with E-state index >= 15 is 0 Å². The summed E-state index contributed by atoms with van der Waals surface area (Å²) in [4.78, 5) is 29.5. The highest BCUT2D eigenvalue weighted by Gasteiger charge is 2.32. The highest BCUT2D eigenvalue weighted by atomic mass is 79.9. The third-order valence-electron chi connectivity index (χ3n) is 7.66. The van der Waals surface area contributed by atoms with Gasteiger partial charge in [0.2, 0.25) is 11.8 Å². The molecule has 4 rings (SSSR count). The van der Waals surface area contributed by atoms with Gasteiger partial charge in [-0.15, -0.1) is 0 Å². The van der Waals surface area contributed by atoms with Crippen LogP contribution in [0.1, 0.15) is 75.1 Å². The molecule has 0 radical (unpaired) electrons. The Morgan fingerprint density at radius 3 is 2.21 bits per heavy atom. The van der Waals surface area contributed by atoms with Gasteiger partial charge in [-0.1, -0.05) is 116 Å². The van der Waals surface area contributed by atoms with E-state index in [1.807, 2.05) is 59.5 Å². The molecule has 0 spiro atoms. The molecule has 1 fully saturated rings. The van der Waals surface area contributed by atoms with Crippen LogP contribution < -0.4 is 5.32 Å². The quantitative estimate of drug-likeness (QED) is 0.268. The summed E-state index contributed by atoms with van der Waals surface area (Å²) in [7, 11) is 0. The second-order valence-corrected chi connectivity index (χ2v) is 12.7. The lowest BCUT2D eigenvalue weighted by atomic mass is 9.86. The minimum atomic E-state index is -0.581. The van der Waals surface area contributed by atoms with Gasteiger partial charge in [0.15, 0.2) is 0 Å². The van der Waals surface area contributed by atoms with Crippen molar-refractivity contribution in [1.29, 1.82) is 0 Å². The van der Waals surface area contributed by atoms with Crippen LogP contribution in [0.4, 0.5) is 0 Å². The largest absolute Gasteiger partial charge is 0.352 e. The van der Waals surface area contributed by atoms with Crippen LogP contribution in [0.25, 0.3) is 0 Å². The van der Waals surface area contributed by atoms with Crippen molar-refractivity contribution in [2.45, 2.75) is 89.8 Å². The van der Waals surface area contributed by atoms with Crippen molar-refractivity contribution >= 4 is 27.7 Å². The molecule has 0 aromatic heterocycles. The molecule has 5 heteroatoms. The van der Waals surface area contributed by atoms with Gasteiger partial charge in [-0.05, 0) is 59.1 Å². The molecule has 1 aliphatic carbocycles. The van der Waals surface area contributed by atoms with Crippen LogP contribution >= 0.6 is 15.9 Å². The number of carbonyl (C=O) groups excluding carboxylic acids is 2. The van der Waals surface area contributed by atoms with Crippen LogP contribution in [0.15, 0.2) is 83.3 Å². The summed E-state index contributed by atoms with van der Waals surface area (Å²) in [6.45, 7) is 7.00. The number of benzene rings is 3. The first-order chi connectivity index (χ1) is 18.7. The molecular formula is C34H41BrN2O2. The Morgan fingerprint density at radius 1 is 0.897 bits per heavy atom. The van der Waals surface area contributed by atoms with Gasteiger partial charge in [0.1, 0.15) is 6.04 Å². The highest BCUT2D eigenvalue weighted by Crippen LogP contribution is 2.24. The minimum Gasteiger partial charge on any atom is -0.352 e. The van der Waals surface area contributed by atoms with Crippen LogP contribution in [0.5, 0.6) is 0 Å². The summed E-state index contributed by atoms with van der Waals surface area (Å²) >= 11 is 3.57. The Balaban J connectivity index is 1.58. The maximum Gasteiger partial charge on any atom is 0.243 e. The van der Waals surface area contributed by atoms with Crippen molar-refractivity contribution < 1.29 is 9.59 Å². The first-order valence-corrected chi connectivity index (χ1v) is 15.0. The number of hydrogen-bond acceptors (Lipinski definition) is 2. The predicted molar refractivity (Wildman–Crippen MR) is 162 cm³/mol. The zero-order chi connectivity index (χ0) is 27.8. The van der Waals surface area contributed by atoms with E-state index in [0.717, 1.165) is 46.8 Å². The smallest absolute Gasteiger partial charge is 0.243 e. The molecule has 0 unspecified atom stereocenters. The number of halogens is 1. The summed E-state index contributed by atoms with van der Waals surface area (Å²) < 4.78 is 0.960. The Labute approximate surface area is 242 Å². The average molecular weight is 590 g/mol. The summed E-state index contributed by atoms with van der Waals surface area (Å²) in [5, 5.41) is 3.28. The van der Waals surface area contributed by atoms with Crippen molar-refractivity contribution in [1.82, 2.24) is 10.2 Å². The maximum absolute atomic E-state index is 13.9. The molecule has 39 heavy (non-hydrogen) atoms. The van der Waals surface area contributed by atoms with Gasteiger partial charge in [-0.3, -0.25) is 9.59 Å². The number of rotatable bonds is 10. The maximum atomic E-state index is 13.9. The number of carbonyl (C=O) groups is 2. The molecule has 0 heterocycles. The molecule has 3 aromatic rings. The summed E-state index contributed by atoms with van der Waals surface area (Å²) in [5.41, 5.74) is 4.55. The zero-order valence-electron chi connectivity index (χ0n) is 23.5. The fourth-order valence-corrected chi connectivity index (χ4v) is 5.77. The average Bonchev–Trinajstić information content (AvgIpc) is 3.42. The Morgan fingerprint density at radius 2 is 1.56 bits per heavy atom. The molecule has 4 nitrogen and oxygen atoms in total. The SMILES string of the molecule is CC(C)(C)c1ccc(CCC(=O)N(Cc2cccc(Br)c2)[C@H](Cc2ccccc2)C(=O)NC2CCCC2)cc1. The number of nitrogens with one attached hydrogen (secondary N) is 1. The minimum absolute atomic E-state index is 0.00243. The molecule has 2 amide bonds. The molecule has 206 valence electrons. The number of aryl methyl sites for hydroxylation is 1. The van der Waals surface area contributed by atoms with E-state index in [1.54, 1.807) is 0 Å². The number of hydrogen-bond donors (Lipinski definition) is 1. The lowest BCUT2D eigenvalue weighted by Gasteiger charge is -2.32. The third kappa shape index (κ3) is 8.53. The molecule has 3 aromatic carbocycles. The second-order valence-electron chi connectivity index (χ2n) is 11.8. The molecule has 0 bridgehead atoms. The van der Waals surface area contributed by atoms with E-state index in [0.29, 0.717) is 25.8 Å². The van der Waals surface area contributed by atoms with Crippen molar-refractivity contribution in [2.75, 3.05) is 0 Å². The van der Waals surface area contributed by atoms with E-state index in [9.17, 15) is 9.59 Å². The van der Waals surface area contributed by atoms with Gasteiger partial charge in [-0.25, -0.2) is 0 Å². The summed E-state index contributed by atoms with van der Waals surface area (Å²) in [5.74, 6) is -0.0546. The normalized spacial score (nSPS) is 14.7. The van der Waals surface area contributed by atoms with Gasteiger partial charge < -0.3 is 10.2 Å². The van der Waals surface area contributed by atoms with Gasteiger partial charge >= 0.3 is 0 Å². The van der Waals surface area contributed by atoms with Crippen LogP contribution in [0.2, 0.25) is 0 Å². The molecular weight excluding hydrogens is 548 g/mol. The fourth-order valence-electron chi connectivity index (χ4n) is 5.32. The first-order valence-electron chi connectivity index (χ1n) is 14.2. The van der Waals surface area contributed by atoms with Gasteiger partial charge in [0.05, 0.1) is 0 Å². The van der Waals surface area contributed by atoms with Gasteiger partial charge in [0.25, 0.3) is 0 Å². The summed E-state index contributed by atoms with van der Waals surface area (Å²) in [6.07, 6.45) is 5.78. The van der Waals surface area contributed by atoms with Crippen LogP contribution in [-0.4, -0.2) is 28.8 Å². The molecule has 1 saturated carbocycles. The van der Waals surface area contributed by atoms with Crippen LogP contribution in [0.3, 0.4) is 0 Å². The van der Waals surface area contributed by atoms with Gasteiger partial charge in [-0.2, -0.15) is 0 Å². The van der Waals surface area contributed by atoms with E-state index in [-0.39, 0.29) is 23.3 Å². The van der Waals surface area contributed by atoms with Crippen LogP contribution in [0, 0.1) is 0 Å². The molecule has 0 aliphatic heterocycles. The highest BCUT2D eigenvalue weighted by molar-refractivity contribution is 9.10. The van der Waals surface area contributed by atoms with Crippen LogP contribution in [-0.2, 0) is 34.4 Å². The number of amides is 2.